The van der Waals surface area contributed by atoms with Crippen LogP contribution in [0.1, 0.15) is 58.4 Å². The summed E-state index contributed by atoms with van der Waals surface area (Å²) in [5, 5.41) is 14.0. The van der Waals surface area contributed by atoms with Gasteiger partial charge in [0.2, 0.25) is 6.41 Å². The Morgan fingerprint density at radius 1 is 0.837 bits per heavy atom. The van der Waals surface area contributed by atoms with E-state index >= 15 is 0 Å². The second kappa shape index (κ2) is 15.3. The molecule has 0 spiro atoms. The van der Waals surface area contributed by atoms with Crippen LogP contribution < -0.4 is 5.32 Å². The minimum atomic E-state index is -0.788. The maximum atomic E-state index is 13.2. The van der Waals surface area contributed by atoms with Crippen LogP contribution in [0.2, 0.25) is 0 Å². The van der Waals surface area contributed by atoms with Gasteiger partial charge in [-0.15, -0.1) is 11.8 Å². The van der Waals surface area contributed by atoms with Gasteiger partial charge in [-0.05, 0) is 61.1 Å². The van der Waals surface area contributed by atoms with Gasteiger partial charge in [0, 0.05) is 30.3 Å². The first-order valence-electron chi connectivity index (χ1n) is 15.3. The third-order valence-corrected chi connectivity index (χ3v) is 9.93. The highest BCUT2D eigenvalue weighted by molar-refractivity contribution is 7.99. The zero-order valence-corrected chi connectivity index (χ0v) is 25.3. The summed E-state index contributed by atoms with van der Waals surface area (Å²) in [6, 6.07) is 26.1. The van der Waals surface area contributed by atoms with Gasteiger partial charge >= 0.3 is 0 Å². The third-order valence-electron chi connectivity index (χ3n) is 8.82. The Balaban J connectivity index is 0.000000314. The number of aliphatic hydroxyl groups is 1. The number of carbonyl (C=O) groups excluding carboxylic acids is 3. The Bertz CT molecular complexity index is 1320. The van der Waals surface area contributed by atoms with E-state index in [9.17, 15) is 19.5 Å². The molecular formula is C35H41N3O4S. The minimum absolute atomic E-state index is 0.292. The van der Waals surface area contributed by atoms with Crippen molar-refractivity contribution in [2.75, 3.05) is 25.4 Å². The molecular weight excluding hydrogens is 558 g/mol. The van der Waals surface area contributed by atoms with E-state index in [1.54, 1.807) is 36.0 Å². The van der Waals surface area contributed by atoms with Crippen molar-refractivity contribution in [3.05, 3.63) is 102 Å². The van der Waals surface area contributed by atoms with Crippen LogP contribution in [0.15, 0.2) is 89.8 Å². The second-order valence-corrected chi connectivity index (χ2v) is 12.7. The lowest BCUT2D eigenvalue weighted by molar-refractivity contribution is -0.109. The molecule has 6 rings (SSSR count). The van der Waals surface area contributed by atoms with Gasteiger partial charge in [0.1, 0.15) is 0 Å². The highest BCUT2D eigenvalue weighted by Crippen LogP contribution is 2.36. The van der Waals surface area contributed by atoms with Crippen molar-refractivity contribution in [3.63, 3.8) is 0 Å². The van der Waals surface area contributed by atoms with Gasteiger partial charge in [-0.1, -0.05) is 79.9 Å². The van der Waals surface area contributed by atoms with E-state index in [1.807, 2.05) is 60.7 Å². The summed E-state index contributed by atoms with van der Waals surface area (Å²) >= 11 is 1.58. The smallest absolute Gasteiger partial charge is 0.261 e. The van der Waals surface area contributed by atoms with Crippen LogP contribution in [0.4, 0.5) is 0 Å². The summed E-state index contributed by atoms with van der Waals surface area (Å²) in [7, 11) is 0. The topological polar surface area (TPSA) is 90.0 Å². The molecule has 2 heterocycles. The van der Waals surface area contributed by atoms with E-state index in [0.29, 0.717) is 36.4 Å². The standard InChI is InChI=1S/C27H32N2O3S.C8H9NO/c30-25(17-28-15-14-19-8-4-5-9-20(19)16-28)24(18-33-21-10-2-1-3-11-21)29-26(31)22-12-6-7-13-23(22)27(29)32;10-7-9-6-8-4-2-1-3-5-8/h1-3,6-7,10-13,19-20,24-25,30H,4-5,8-9,14-18H2;1-5,7H,6H2,(H,9,10). The van der Waals surface area contributed by atoms with Gasteiger partial charge in [-0.25, -0.2) is 0 Å². The zero-order chi connectivity index (χ0) is 30.0. The van der Waals surface area contributed by atoms with Crippen molar-refractivity contribution in [1.29, 1.82) is 0 Å². The highest BCUT2D eigenvalue weighted by atomic mass is 32.2. The number of benzene rings is 3. The normalized spacial score (nSPS) is 21.2. The lowest BCUT2D eigenvalue weighted by Gasteiger charge is -2.43. The first-order chi connectivity index (χ1) is 21.0. The number of likely N-dealkylation sites (tertiary alicyclic amines) is 1. The lowest BCUT2D eigenvalue weighted by atomic mass is 9.75. The maximum Gasteiger partial charge on any atom is 0.261 e. The number of thioether (sulfide) groups is 1. The molecule has 3 aliphatic rings. The molecule has 3 aromatic rings. The summed E-state index contributed by atoms with van der Waals surface area (Å²) < 4.78 is 0. The predicted octanol–water partition coefficient (Wildman–Crippen LogP) is 5.25. The first-order valence-corrected chi connectivity index (χ1v) is 16.3. The Labute approximate surface area is 258 Å². The molecule has 2 fully saturated rings. The van der Waals surface area contributed by atoms with E-state index in [2.05, 4.69) is 10.2 Å². The Hall–Kier alpha value is -3.46. The molecule has 2 aliphatic heterocycles. The molecule has 226 valence electrons. The third kappa shape index (κ3) is 7.93. The summed E-state index contributed by atoms with van der Waals surface area (Å²) in [4.78, 5) is 41.0. The monoisotopic (exact) mass is 599 g/mol. The molecule has 4 unspecified atom stereocenters. The first kappa shape index (κ1) is 31.0. The van der Waals surface area contributed by atoms with Crippen LogP contribution in [-0.2, 0) is 11.3 Å². The van der Waals surface area contributed by atoms with Crippen molar-refractivity contribution in [1.82, 2.24) is 15.1 Å². The number of amides is 3. The van der Waals surface area contributed by atoms with Crippen LogP contribution in [0, 0.1) is 11.8 Å². The molecule has 7 nitrogen and oxygen atoms in total. The Morgan fingerprint density at radius 3 is 2.09 bits per heavy atom. The zero-order valence-electron chi connectivity index (χ0n) is 24.5. The SMILES string of the molecule is O=C1c2ccccc2C(=O)N1C(CSc1ccccc1)C(O)CN1CCC2CCCCC2C1.O=CNCc1ccccc1. The van der Waals surface area contributed by atoms with Crippen molar-refractivity contribution >= 4 is 30.0 Å². The van der Waals surface area contributed by atoms with Gasteiger partial charge < -0.3 is 15.3 Å². The average Bonchev–Trinajstić information content (AvgIpc) is 3.30. The molecule has 0 radical (unpaired) electrons. The van der Waals surface area contributed by atoms with Gasteiger partial charge in [-0.2, -0.15) is 0 Å². The molecule has 1 saturated heterocycles. The number of rotatable bonds is 10. The number of imide groups is 1. The number of aliphatic hydroxyl groups excluding tert-OH is 1. The van der Waals surface area contributed by atoms with Crippen LogP contribution in [0.3, 0.4) is 0 Å². The van der Waals surface area contributed by atoms with Crippen molar-refractivity contribution < 1.29 is 19.5 Å². The number of piperidine rings is 1. The number of β-amino-alcohol motifs (C(OH)–C–C–N with tert-alkyl or cyclic N) is 1. The number of nitrogens with zero attached hydrogens (tertiary/aromatic N) is 2. The quantitative estimate of drug-likeness (QED) is 0.188. The molecule has 1 saturated carbocycles. The van der Waals surface area contributed by atoms with E-state index in [0.717, 1.165) is 35.4 Å². The molecule has 0 aromatic heterocycles. The molecule has 8 heteroatoms. The number of carbonyl (C=O) groups is 3. The molecule has 1 aliphatic carbocycles. The fraction of sp³-hybridized carbons (Fsp3) is 0.400. The fourth-order valence-corrected chi connectivity index (χ4v) is 7.63. The second-order valence-electron chi connectivity index (χ2n) is 11.6. The van der Waals surface area contributed by atoms with Gasteiger partial charge in [0.05, 0.1) is 23.3 Å². The van der Waals surface area contributed by atoms with Crippen LogP contribution in [0.25, 0.3) is 0 Å². The number of fused-ring (bicyclic) bond motifs is 2. The van der Waals surface area contributed by atoms with Crippen LogP contribution >= 0.6 is 11.8 Å². The van der Waals surface area contributed by atoms with Gasteiger partial charge in [0.25, 0.3) is 11.8 Å². The molecule has 3 aromatic carbocycles. The Kier molecular flexibility index (Phi) is 11.0. The van der Waals surface area contributed by atoms with E-state index in [-0.39, 0.29) is 11.8 Å². The van der Waals surface area contributed by atoms with Gasteiger partial charge in [0.15, 0.2) is 0 Å². The minimum Gasteiger partial charge on any atom is -0.390 e. The summed E-state index contributed by atoms with van der Waals surface area (Å²) in [6.07, 6.45) is 6.38. The number of nitrogens with one attached hydrogen (secondary N) is 1. The molecule has 3 amide bonds. The van der Waals surface area contributed by atoms with E-state index in [4.69, 9.17) is 0 Å². The predicted molar refractivity (Wildman–Crippen MR) is 170 cm³/mol. The highest BCUT2D eigenvalue weighted by Gasteiger charge is 2.43. The van der Waals surface area contributed by atoms with Crippen molar-refractivity contribution in [3.8, 4) is 0 Å². The van der Waals surface area contributed by atoms with Gasteiger partial charge in [-0.3, -0.25) is 19.3 Å². The van der Waals surface area contributed by atoms with Crippen molar-refractivity contribution in [2.24, 2.45) is 11.8 Å². The van der Waals surface area contributed by atoms with Crippen LogP contribution in [-0.4, -0.2) is 70.7 Å². The number of hydrogen-bond donors (Lipinski definition) is 2. The van der Waals surface area contributed by atoms with E-state index < -0.39 is 12.1 Å². The van der Waals surface area contributed by atoms with Crippen molar-refractivity contribution in [2.45, 2.75) is 55.7 Å². The largest absolute Gasteiger partial charge is 0.390 e. The van der Waals surface area contributed by atoms with E-state index in [1.165, 1.54) is 37.0 Å². The van der Waals surface area contributed by atoms with Crippen LogP contribution in [0.5, 0.6) is 0 Å². The summed E-state index contributed by atoms with van der Waals surface area (Å²) in [5.41, 5.74) is 1.99. The fourth-order valence-electron chi connectivity index (χ4n) is 6.55. The summed E-state index contributed by atoms with van der Waals surface area (Å²) in [6.45, 7) is 3.11. The maximum absolute atomic E-state index is 13.2. The lowest BCUT2D eigenvalue weighted by Crippen LogP contribution is -2.54. The molecule has 2 N–H and O–H groups in total. The number of hydrogen-bond acceptors (Lipinski definition) is 6. The average molecular weight is 600 g/mol. The molecule has 0 bridgehead atoms. The Morgan fingerprint density at radius 2 is 1.44 bits per heavy atom. The molecule has 4 atom stereocenters. The molecule has 43 heavy (non-hydrogen) atoms. The summed E-state index contributed by atoms with van der Waals surface area (Å²) in [5.74, 6) is 1.43.